The Morgan fingerprint density at radius 2 is 1.37 bits per heavy atom. The molecule has 0 atom stereocenters. The first-order chi connectivity index (χ1) is 12.8. The van der Waals surface area contributed by atoms with Gasteiger partial charge in [-0.3, -0.25) is 0 Å². The van der Waals surface area contributed by atoms with E-state index in [-0.39, 0.29) is 0 Å². The Morgan fingerprint density at radius 3 is 1.78 bits per heavy atom. The number of hydrogen-bond donors (Lipinski definition) is 1. The van der Waals surface area contributed by atoms with Crippen molar-refractivity contribution in [3.8, 4) is 0 Å². The maximum absolute atomic E-state index is 3.94. The molecule has 27 heavy (non-hydrogen) atoms. The maximum atomic E-state index is 3.94. The number of aryl methyl sites for hydroxylation is 4. The average molecular weight is 583 g/mol. The van der Waals surface area contributed by atoms with Crippen LogP contribution in [-0.4, -0.2) is 4.23 Å². The van der Waals surface area contributed by atoms with Gasteiger partial charge in [0.1, 0.15) is 0 Å². The zero-order chi connectivity index (χ0) is 19.8. The van der Waals surface area contributed by atoms with Crippen LogP contribution >= 0.6 is 31.9 Å². The number of allylic oxidation sites excluding steroid dienone is 1. The number of nitrogens with one attached hydrogen (secondary N) is 1. The van der Waals surface area contributed by atoms with E-state index in [9.17, 15) is 0 Å². The van der Waals surface area contributed by atoms with E-state index >= 15 is 0 Å². The molecule has 2 aromatic rings. The van der Waals surface area contributed by atoms with Crippen LogP contribution in [0.3, 0.4) is 0 Å². The summed E-state index contributed by atoms with van der Waals surface area (Å²) in [5.74, 6) is 0. The van der Waals surface area contributed by atoms with E-state index in [4.69, 9.17) is 0 Å². The Bertz CT molecular complexity index is 873. The van der Waals surface area contributed by atoms with Crippen molar-refractivity contribution in [1.82, 2.24) is 9.80 Å². The minimum atomic E-state index is 0.411. The molecular weight excluding hydrogens is 558 g/mol. The fraction of sp³-hybridized carbons (Fsp3) is 0.227. The molecule has 1 heterocycles. The zero-order valence-corrected chi connectivity index (χ0v) is 20.7. The summed E-state index contributed by atoms with van der Waals surface area (Å²) in [7, 11) is 0. The second-order valence-corrected chi connectivity index (χ2v) is 10.5. The van der Waals surface area contributed by atoms with Gasteiger partial charge in [-0.15, -0.1) is 0 Å². The fourth-order valence-electron chi connectivity index (χ4n) is 3.96. The molecule has 0 fully saturated rings. The molecule has 0 saturated heterocycles. The second kappa shape index (κ2) is 8.27. The van der Waals surface area contributed by atoms with Crippen LogP contribution in [0.25, 0.3) is 0 Å². The van der Waals surface area contributed by atoms with Crippen LogP contribution in [0.15, 0.2) is 58.3 Å². The summed E-state index contributed by atoms with van der Waals surface area (Å²) in [5.41, 5.74) is 7.77. The first kappa shape index (κ1) is 20.9. The summed E-state index contributed by atoms with van der Waals surface area (Å²) in [5, 5.41) is 3.58. The molecule has 2 aromatic carbocycles. The molecule has 1 aliphatic heterocycles. The summed E-state index contributed by atoms with van der Waals surface area (Å²) in [4.78, 5) is 0.988. The SMILES string of the molecule is C=C[CH2]/[Pd]=[C]1\NC=C[N+]1(c1c(C)cc(Br)cc1C)c1c(C)cc(Br)cc1C. The number of halogens is 2. The van der Waals surface area contributed by atoms with Gasteiger partial charge in [0.05, 0.1) is 0 Å². The van der Waals surface area contributed by atoms with E-state index in [0.717, 1.165) is 13.8 Å². The number of hydrogen-bond acceptors (Lipinski definition) is 1. The molecule has 0 unspecified atom stereocenters. The Kier molecular flexibility index (Phi) is 6.40. The van der Waals surface area contributed by atoms with Crippen molar-refractivity contribution >= 4 is 47.5 Å². The molecule has 0 radical (unpaired) electrons. The van der Waals surface area contributed by atoms with Crippen LogP contribution in [0.4, 0.5) is 11.4 Å². The van der Waals surface area contributed by atoms with Crippen molar-refractivity contribution in [1.29, 1.82) is 0 Å². The monoisotopic (exact) mass is 580 g/mol. The minimum absolute atomic E-state index is 0.411. The van der Waals surface area contributed by atoms with Gasteiger partial charge in [-0.05, 0) is 0 Å². The Morgan fingerprint density at radius 1 is 0.926 bits per heavy atom. The van der Waals surface area contributed by atoms with Crippen LogP contribution in [0.5, 0.6) is 0 Å². The molecule has 0 amide bonds. The van der Waals surface area contributed by atoms with Crippen molar-refractivity contribution in [2.24, 2.45) is 0 Å². The second-order valence-electron chi connectivity index (χ2n) is 6.75. The predicted octanol–water partition coefficient (Wildman–Crippen LogP) is 6.93. The van der Waals surface area contributed by atoms with Crippen molar-refractivity contribution < 1.29 is 17.5 Å². The predicted molar refractivity (Wildman–Crippen MR) is 121 cm³/mol. The first-order valence-corrected chi connectivity index (χ1v) is 12.1. The van der Waals surface area contributed by atoms with Gasteiger partial charge in [0.15, 0.2) is 0 Å². The molecule has 5 heteroatoms. The van der Waals surface area contributed by atoms with Gasteiger partial charge in [-0.1, -0.05) is 0 Å². The summed E-state index contributed by atoms with van der Waals surface area (Å²) < 4.78 is 4.19. The molecule has 1 aliphatic rings. The topological polar surface area (TPSA) is 12.0 Å². The van der Waals surface area contributed by atoms with Crippen LogP contribution in [0, 0.1) is 27.7 Å². The van der Waals surface area contributed by atoms with Gasteiger partial charge in [0, 0.05) is 0 Å². The van der Waals surface area contributed by atoms with Gasteiger partial charge in [0.2, 0.25) is 0 Å². The van der Waals surface area contributed by atoms with Gasteiger partial charge < -0.3 is 0 Å². The van der Waals surface area contributed by atoms with Crippen LogP contribution in [-0.2, 0) is 17.5 Å². The van der Waals surface area contributed by atoms with Gasteiger partial charge >= 0.3 is 188 Å². The fourth-order valence-corrected chi connectivity index (χ4v) is 6.99. The Hall–Kier alpha value is -0.828. The van der Waals surface area contributed by atoms with E-state index in [0.29, 0.717) is 22.0 Å². The Balaban J connectivity index is 2.44. The van der Waals surface area contributed by atoms with Gasteiger partial charge in [0.25, 0.3) is 0 Å². The molecule has 1 N–H and O–H groups in total. The average Bonchev–Trinajstić information content (AvgIpc) is 2.94. The van der Waals surface area contributed by atoms with Gasteiger partial charge in [-0.2, -0.15) is 0 Å². The molecule has 0 bridgehead atoms. The third-order valence-electron chi connectivity index (χ3n) is 4.66. The molecule has 0 aromatic heterocycles. The third-order valence-corrected chi connectivity index (χ3v) is 7.63. The molecule has 2 nitrogen and oxygen atoms in total. The standard InChI is InChI=1S/C19H19Br2N2.C3H5.Pd/c1-12-7-16(20)8-13(2)18(12)23(6-5-22-11-23)19-14(3)9-17(21)10-15(19)4;1-3-2;/h5-10,22H,1-4H3;3H,1-2H2;/q+1;;. The van der Waals surface area contributed by atoms with Crippen LogP contribution in [0.1, 0.15) is 22.3 Å². The number of quaternary nitrogens is 1. The molecule has 145 valence electrons. The first-order valence-electron chi connectivity index (χ1n) is 8.69. The van der Waals surface area contributed by atoms with E-state index in [2.05, 4.69) is 108 Å². The molecular formula is C22H24Br2N2Pd+. The molecule has 0 saturated carbocycles. The van der Waals surface area contributed by atoms with Crippen molar-refractivity contribution in [2.75, 3.05) is 0 Å². The molecule has 3 rings (SSSR count). The third kappa shape index (κ3) is 3.73. The zero-order valence-electron chi connectivity index (χ0n) is 16.0. The summed E-state index contributed by atoms with van der Waals surface area (Å²) in [6.07, 6.45) is 6.40. The quantitative estimate of drug-likeness (QED) is 0.234. The normalized spacial score (nSPS) is 17.2. The molecule has 0 spiro atoms. The summed E-state index contributed by atoms with van der Waals surface area (Å²) in [6, 6.07) is 8.87. The van der Waals surface area contributed by atoms with E-state index in [1.54, 1.807) is 0 Å². The summed E-state index contributed by atoms with van der Waals surface area (Å²) >= 11 is 7.73. The van der Waals surface area contributed by atoms with Crippen molar-refractivity contribution in [2.45, 2.75) is 32.6 Å². The number of rotatable bonds is 4. The van der Waals surface area contributed by atoms with Crippen LogP contribution < -0.4 is 9.80 Å². The Labute approximate surface area is 186 Å². The van der Waals surface area contributed by atoms with E-state index in [1.165, 1.54) is 37.9 Å². The van der Waals surface area contributed by atoms with Gasteiger partial charge in [-0.25, -0.2) is 0 Å². The van der Waals surface area contributed by atoms with Crippen molar-refractivity contribution in [3.05, 3.63) is 80.5 Å². The number of benzene rings is 2. The van der Waals surface area contributed by atoms with Crippen LogP contribution in [0.2, 0.25) is 4.89 Å². The number of nitrogens with zero attached hydrogens (tertiary/aromatic N) is 1. The van der Waals surface area contributed by atoms with E-state index < -0.39 is 0 Å². The molecule has 0 aliphatic carbocycles. The summed E-state index contributed by atoms with van der Waals surface area (Å²) in [6.45, 7) is 12.8. The van der Waals surface area contributed by atoms with E-state index in [1.807, 2.05) is 6.08 Å². The van der Waals surface area contributed by atoms with Crippen molar-refractivity contribution in [3.63, 3.8) is 0 Å².